The Hall–Kier alpha value is -2.23. The van der Waals surface area contributed by atoms with Crippen LogP contribution in [0.4, 0.5) is 0 Å². The molecule has 7 nitrogen and oxygen atoms in total. The molecule has 2 amide bonds. The highest BCUT2D eigenvalue weighted by Crippen LogP contribution is 2.20. The van der Waals surface area contributed by atoms with Gasteiger partial charge < -0.3 is 10.6 Å². The van der Waals surface area contributed by atoms with Crippen molar-refractivity contribution in [2.75, 3.05) is 13.1 Å². The molecule has 1 aromatic carbocycles. The van der Waals surface area contributed by atoms with E-state index in [0.29, 0.717) is 18.0 Å². The lowest BCUT2D eigenvalue weighted by Crippen LogP contribution is -2.44. The van der Waals surface area contributed by atoms with Gasteiger partial charge in [0, 0.05) is 19.6 Å². The van der Waals surface area contributed by atoms with Crippen LogP contribution in [-0.4, -0.2) is 43.7 Å². The minimum atomic E-state index is -3.46. The summed E-state index contributed by atoms with van der Waals surface area (Å²) in [6, 6.07) is 9.35. The van der Waals surface area contributed by atoms with Gasteiger partial charge in [-0.15, -0.1) is 11.3 Å². The zero-order valence-electron chi connectivity index (χ0n) is 16.3. The fourth-order valence-corrected chi connectivity index (χ4v) is 5.26. The number of amides is 2. The molecule has 1 fully saturated rings. The Bertz CT molecular complexity index is 935. The number of rotatable bonds is 7. The van der Waals surface area contributed by atoms with E-state index < -0.39 is 16.1 Å². The maximum atomic E-state index is 12.7. The zero-order valence-corrected chi connectivity index (χ0v) is 17.9. The Morgan fingerprint density at radius 1 is 1.10 bits per heavy atom. The second-order valence-corrected chi connectivity index (χ2v) is 9.88. The maximum Gasteiger partial charge on any atom is 0.261 e. The number of sulfonamides is 1. The Morgan fingerprint density at radius 3 is 2.41 bits per heavy atom. The molecule has 1 aliphatic rings. The number of thiophene rings is 1. The van der Waals surface area contributed by atoms with E-state index in [4.69, 9.17) is 0 Å². The second kappa shape index (κ2) is 9.51. The van der Waals surface area contributed by atoms with Gasteiger partial charge in [0.05, 0.1) is 9.77 Å². The van der Waals surface area contributed by atoms with Gasteiger partial charge in [-0.3, -0.25) is 9.59 Å². The molecule has 0 spiro atoms. The molecule has 0 aliphatic carbocycles. The van der Waals surface area contributed by atoms with Crippen molar-refractivity contribution < 1.29 is 18.0 Å². The van der Waals surface area contributed by atoms with Crippen LogP contribution in [0.15, 0.2) is 46.7 Å². The quantitative estimate of drug-likeness (QED) is 0.698. The predicted molar refractivity (Wildman–Crippen MR) is 112 cm³/mol. The lowest BCUT2D eigenvalue weighted by atomic mass is 10.2. The highest BCUT2D eigenvalue weighted by atomic mass is 32.2. The Balaban J connectivity index is 1.53. The Labute approximate surface area is 175 Å². The van der Waals surface area contributed by atoms with Gasteiger partial charge in [0.2, 0.25) is 15.9 Å². The Kier molecular flexibility index (Phi) is 7.05. The molecule has 2 heterocycles. The van der Waals surface area contributed by atoms with Gasteiger partial charge in [-0.2, -0.15) is 4.31 Å². The molecule has 2 N–H and O–H groups in total. The molecule has 3 rings (SSSR count). The number of carbonyl (C=O) groups excluding carboxylic acids is 2. The van der Waals surface area contributed by atoms with Crippen molar-refractivity contribution in [2.45, 2.75) is 43.7 Å². The van der Waals surface area contributed by atoms with E-state index in [1.54, 1.807) is 48.7 Å². The highest BCUT2D eigenvalue weighted by molar-refractivity contribution is 7.89. The smallest absolute Gasteiger partial charge is 0.261 e. The predicted octanol–water partition coefficient (Wildman–Crippen LogP) is 2.36. The van der Waals surface area contributed by atoms with E-state index >= 15 is 0 Å². The summed E-state index contributed by atoms with van der Waals surface area (Å²) < 4.78 is 26.9. The molecule has 156 valence electrons. The first-order valence-electron chi connectivity index (χ1n) is 9.59. The van der Waals surface area contributed by atoms with Crippen LogP contribution in [0.25, 0.3) is 0 Å². The van der Waals surface area contributed by atoms with E-state index in [-0.39, 0.29) is 23.3 Å². The van der Waals surface area contributed by atoms with Gasteiger partial charge in [0.25, 0.3) is 5.91 Å². The van der Waals surface area contributed by atoms with Gasteiger partial charge in [0.15, 0.2) is 0 Å². The summed E-state index contributed by atoms with van der Waals surface area (Å²) in [7, 11) is -3.46. The molecule has 0 radical (unpaired) electrons. The molecule has 1 aliphatic heterocycles. The zero-order chi connectivity index (χ0) is 20.9. The fraction of sp³-hybridized carbons (Fsp3) is 0.400. The monoisotopic (exact) mass is 435 g/mol. The number of nitrogens with zero attached hydrogens (tertiary/aromatic N) is 1. The minimum Gasteiger partial charge on any atom is -0.350 e. The van der Waals surface area contributed by atoms with E-state index in [9.17, 15) is 18.0 Å². The summed E-state index contributed by atoms with van der Waals surface area (Å²) in [4.78, 5) is 25.1. The number of carbonyl (C=O) groups is 2. The van der Waals surface area contributed by atoms with Gasteiger partial charge >= 0.3 is 0 Å². The number of benzene rings is 1. The summed E-state index contributed by atoms with van der Waals surface area (Å²) in [5.41, 5.74) is 0.785. The normalized spacial score (nSPS) is 16.2. The van der Waals surface area contributed by atoms with Crippen LogP contribution >= 0.6 is 11.3 Å². The molecule has 0 bridgehead atoms. The largest absolute Gasteiger partial charge is 0.350 e. The second-order valence-electron chi connectivity index (χ2n) is 7.00. The number of hydrogen-bond donors (Lipinski definition) is 2. The Morgan fingerprint density at radius 2 is 1.79 bits per heavy atom. The maximum absolute atomic E-state index is 12.7. The minimum absolute atomic E-state index is 0.252. The van der Waals surface area contributed by atoms with Crippen molar-refractivity contribution >= 4 is 33.2 Å². The third-order valence-corrected chi connectivity index (χ3v) is 7.61. The van der Waals surface area contributed by atoms with E-state index in [1.807, 2.05) is 0 Å². The molecule has 9 heteroatoms. The van der Waals surface area contributed by atoms with E-state index in [1.165, 1.54) is 15.6 Å². The van der Waals surface area contributed by atoms with Crippen LogP contribution in [0.3, 0.4) is 0 Å². The topological polar surface area (TPSA) is 95.6 Å². The molecule has 1 saturated heterocycles. The van der Waals surface area contributed by atoms with Crippen molar-refractivity contribution in [1.82, 2.24) is 14.9 Å². The molecule has 1 atom stereocenters. The van der Waals surface area contributed by atoms with Crippen molar-refractivity contribution in [3.63, 3.8) is 0 Å². The summed E-state index contributed by atoms with van der Waals surface area (Å²) in [6.45, 7) is 3.00. The SMILES string of the molecule is CC(NC(=O)c1cccs1)C(=O)NCc1ccc(S(=O)(=O)N2CCCCC2)cc1. The van der Waals surface area contributed by atoms with Crippen molar-refractivity contribution in [1.29, 1.82) is 0 Å². The highest BCUT2D eigenvalue weighted by Gasteiger charge is 2.25. The molecule has 2 aromatic rings. The molecular formula is C20H25N3O4S2. The van der Waals surface area contributed by atoms with Crippen LogP contribution in [0.2, 0.25) is 0 Å². The van der Waals surface area contributed by atoms with Crippen LogP contribution in [0, 0.1) is 0 Å². The molecule has 29 heavy (non-hydrogen) atoms. The summed E-state index contributed by atoms with van der Waals surface area (Å²) in [5.74, 6) is -0.588. The van der Waals surface area contributed by atoms with Crippen molar-refractivity contribution in [2.24, 2.45) is 0 Å². The van der Waals surface area contributed by atoms with E-state index in [2.05, 4.69) is 10.6 Å². The van der Waals surface area contributed by atoms with Crippen LogP contribution in [0.5, 0.6) is 0 Å². The van der Waals surface area contributed by atoms with Crippen LogP contribution in [0.1, 0.15) is 41.4 Å². The summed E-state index contributed by atoms with van der Waals surface area (Å²) in [6.07, 6.45) is 2.85. The third-order valence-electron chi connectivity index (χ3n) is 4.83. The molecular weight excluding hydrogens is 410 g/mol. The van der Waals surface area contributed by atoms with Gasteiger partial charge in [-0.25, -0.2) is 8.42 Å². The number of hydrogen-bond acceptors (Lipinski definition) is 5. The average Bonchev–Trinajstić information content (AvgIpc) is 3.28. The summed E-state index contributed by atoms with van der Waals surface area (Å²) in [5, 5.41) is 7.22. The van der Waals surface area contributed by atoms with Gasteiger partial charge in [-0.1, -0.05) is 24.6 Å². The molecule has 1 aromatic heterocycles. The standard InChI is InChI=1S/C20H25N3O4S2/c1-15(22-20(25)18-6-5-13-28-18)19(24)21-14-16-7-9-17(10-8-16)29(26,27)23-11-3-2-4-12-23/h5-10,13,15H,2-4,11-12,14H2,1H3,(H,21,24)(H,22,25). The fourth-order valence-electron chi connectivity index (χ4n) is 3.12. The van der Waals surface area contributed by atoms with Crippen LogP contribution in [-0.2, 0) is 21.4 Å². The first kappa shape index (κ1) is 21.5. The molecule has 0 saturated carbocycles. The third kappa shape index (κ3) is 5.43. The lowest BCUT2D eigenvalue weighted by Gasteiger charge is -2.25. The van der Waals surface area contributed by atoms with Crippen molar-refractivity contribution in [3.05, 3.63) is 52.2 Å². The number of piperidine rings is 1. The summed E-state index contributed by atoms with van der Waals surface area (Å²) >= 11 is 1.31. The van der Waals surface area contributed by atoms with Crippen molar-refractivity contribution in [3.8, 4) is 0 Å². The van der Waals surface area contributed by atoms with Gasteiger partial charge in [0.1, 0.15) is 6.04 Å². The first-order chi connectivity index (χ1) is 13.9. The van der Waals surface area contributed by atoms with E-state index in [0.717, 1.165) is 24.8 Å². The lowest BCUT2D eigenvalue weighted by molar-refractivity contribution is -0.122. The average molecular weight is 436 g/mol. The number of nitrogens with one attached hydrogen (secondary N) is 2. The van der Waals surface area contributed by atoms with Gasteiger partial charge in [-0.05, 0) is 48.9 Å². The first-order valence-corrected chi connectivity index (χ1v) is 11.9. The molecule has 1 unspecified atom stereocenters. The van der Waals surface area contributed by atoms with Crippen LogP contribution < -0.4 is 10.6 Å².